The smallest absolute Gasteiger partial charge is 0.410 e. The number of carbonyl (C=O) groups is 2. The maximum Gasteiger partial charge on any atom is 0.410 e. The average Bonchev–Trinajstić information content (AvgIpc) is 2.43. The molecule has 1 rings (SSSR count). The molecule has 0 radical (unpaired) electrons. The van der Waals surface area contributed by atoms with E-state index in [2.05, 4.69) is 15.9 Å². The van der Waals surface area contributed by atoms with E-state index in [9.17, 15) is 9.59 Å². The number of carbonyl (C=O) groups excluding carboxylic acids is 2. The van der Waals surface area contributed by atoms with E-state index in [1.807, 2.05) is 20.8 Å². The minimum atomic E-state index is -0.514. The number of Topliss-reactive ketones (excluding diaryl/α,β-unsaturated/α-hetero) is 1. The number of alkyl halides is 1. The first-order valence-corrected chi connectivity index (χ1v) is 6.03. The molecule has 0 aromatic rings. The fourth-order valence-electron chi connectivity index (χ4n) is 1.43. The molecule has 86 valence electrons. The van der Waals surface area contributed by atoms with Gasteiger partial charge in [0.25, 0.3) is 0 Å². The number of ketones is 1. The third kappa shape index (κ3) is 3.48. The number of halogens is 1. The van der Waals surface area contributed by atoms with E-state index >= 15 is 0 Å². The van der Waals surface area contributed by atoms with E-state index in [1.54, 1.807) is 0 Å². The van der Waals surface area contributed by atoms with Crippen LogP contribution in [0.3, 0.4) is 0 Å². The number of hydrogen-bond acceptors (Lipinski definition) is 3. The Balaban J connectivity index is 2.63. The van der Waals surface area contributed by atoms with Crippen molar-refractivity contribution >= 4 is 27.8 Å². The third-order valence-electron chi connectivity index (χ3n) is 2.06. The highest BCUT2D eigenvalue weighted by Gasteiger charge is 2.35. The van der Waals surface area contributed by atoms with Gasteiger partial charge in [0.05, 0.1) is 12.6 Å². The summed E-state index contributed by atoms with van der Waals surface area (Å²) >= 11 is 3.29. The Morgan fingerprint density at radius 3 is 2.67 bits per heavy atom. The van der Waals surface area contributed by atoms with Gasteiger partial charge in [0.2, 0.25) is 0 Å². The molecule has 0 aromatic heterocycles. The van der Waals surface area contributed by atoms with Gasteiger partial charge in [0.15, 0.2) is 5.78 Å². The number of amides is 1. The predicted molar refractivity (Wildman–Crippen MR) is 60.1 cm³/mol. The molecule has 4 nitrogen and oxygen atoms in total. The second kappa shape index (κ2) is 4.51. The summed E-state index contributed by atoms with van der Waals surface area (Å²) in [6, 6.07) is -0.0626. The second-order valence-electron chi connectivity index (χ2n) is 4.66. The maximum absolute atomic E-state index is 11.7. The molecule has 0 saturated carbocycles. The van der Waals surface area contributed by atoms with Crippen molar-refractivity contribution in [1.82, 2.24) is 4.90 Å². The summed E-state index contributed by atoms with van der Waals surface area (Å²) in [6.07, 6.45) is 0.0163. The van der Waals surface area contributed by atoms with Gasteiger partial charge in [-0.3, -0.25) is 9.69 Å². The van der Waals surface area contributed by atoms with Gasteiger partial charge in [-0.2, -0.15) is 0 Å². The van der Waals surface area contributed by atoms with Crippen LogP contribution < -0.4 is 0 Å². The third-order valence-corrected chi connectivity index (χ3v) is 2.80. The lowest BCUT2D eigenvalue weighted by molar-refractivity contribution is -0.117. The number of hydrogen-bond donors (Lipinski definition) is 0. The van der Waals surface area contributed by atoms with E-state index in [4.69, 9.17) is 4.74 Å². The van der Waals surface area contributed by atoms with Crippen molar-refractivity contribution in [2.45, 2.75) is 38.8 Å². The van der Waals surface area contributed by atoms with Crippen molar-refractivity contribution < 1.29 is 14.3 Å². The SMILES string of the molecule is CC(C)(C)OC(=O)N1CC(=O)C[C@H]1CBr. The van der Waals surface area contributed by atoms with Gasteiger partial charge in [0.1, 0.15) is 5.60 Å². The molecular weight excluding hydrogens is 262 g/mol. The first-order valence-electron chi connectivity index (χ1n) is 4.91. The lowest BCUT2D eigenvalue weighted by Crippen LogP contribution is -2.40. The van der Waals surface area contributed by atoms with E-state index in [1.165, 1.54) is 4.90 Å². The quantitative estimate of drug-likeness (QED) is 0.689. The Labute approximate surface area is 98.1 Å². The molecule has 0 bridgehead atoms. The second-order valence-corrected chi connectivity index (χ2v) is 5.31. The van der Waals surface area contributed by atoms with E-state index in [0.717, 1.165) is 0 Å². The van der Waals surface area contributed by atoms with Crippen molar-refractivity contribution in [3.05, 3.63) is 0 Å². The van der Waals surface area contributed by atoms with Crippen molar-refractivity contribution in [3.63, 3.8) is 0 Å². The molecule has 5 heteroatoms. The van der Waals surface area contributed by atoms with E-state index < -0.39 is 11.7 Å². The van der Waals surface area contributed by atoms with Crippen LogP contribution in [0.5, 0.6) is 0 Å². The van der Waals surface area contributed by atoms with Crippen molar-refractivity contribution in [2.75, 3.05) is 11.9 Å². The zero-order valence-electron chi connectivity index (χ0n) is 9.25. The fourth-order valence-corrected chi connectivity index (χ4v) is 2.01. The molecule has 0 N–H and O–H groups in total. The Morgan fingerprint density at radius 1 is 1.60 bits per heavy atom. The Kier molecular flexibility index (Phi) is 3.76. The largest absolute Gasteiger partial charge is 0.444 e. The summed E-state index contributed by atoms with van der Waals surface area (Å²) in [6.45, 7) is 5.61. The molecule has 1 aliphatic rings. The van der Waals surface area contributed by atoms with Crippen molar-refractivity contribution in [3.8, 4) is 0 Å². The summed E-state index contributed by atoms with van der Waals surface area (Å²) in [5.41, 5.74) is -0.514. The summed E-state index contributed by atoms with van der Waals surface area (Å²) in [7, 11) is 0. The Bertz CT molecular complexity index is 272. The minimum Gasteiger partial charge on any atom is -0.444 e. The van der Waals surface area contributed by atoms with Gasteiger partial charge in [-0.1, -0.05) is 15.9 Å². The van der Waals surface area contributed by atoms with Crippen LogP contribution in [0.4, 0.5) is 4.79 Å². The molecule has 1 atom stereocenters. The topological polar surface area (TPSA) is 46.6 Å². The normalized spacial score (nSPS) is 22.0. The number of ether oxygens (including phenoxy) is 1. The summed E-state index contributed by atoms with van der Waals surface area (Å²) in [4.78, 5) is 24.4. The Morgan fingerprint density at radius 2 is 2.20 bits per heavy atom. The van der Waals surface area contributed by atoms with E-state index in [0.29, 0.717) is 11.8 Å². The molecule has 1 aliphatic heterocycles. The lowest BCUT2D eigenvalue weighted by atomic mass is 10.2. The van der Waals surface area contributed by atoms with Crippen LogP contribution in [0, 0.1) is 0 Å². The van der Waals surface area contributed by atoms with Crippen molar-refractivity contribution in [1.29, 1.82) is 0 Å². The Hall–Kier alpha value is -0.580. The summed E-state index contributed by atoms with van der Waals surface area (Å²) in [5.74, 6) is 0.0882. The van der Waals surface area contributed by atoms with Gasteiger partial charge in [-0.25, -0.2) is 4.79 Å². The maximum atomic E-state index is 11.7. The summed E-state index contributed by atoms with van der Waals surface area (Å²) in [5, 5.41) is 0.609. The highest BCUT2D eigenvalue weighted by Crippen LogP contribution is 2.20. The number of nitrogens with zero attached hydrogens (tertiary/aromatic N) is 1. The molecule has 1 heterocycles. The van der Waals surface area contributed by atoms with E-state index in [-0.39, 0.29) is 18.4 Å². The number of rotatable bonds is 1. The van der Waals surface area contributed by atoms with Gasteiger partial charge in [-0.15, -0.1) is 0 Å². The van der Waals surface area contributed by atoms with Crippen LogP contribution in [0.15, 0.2) is 0 Å². The van der Waals surface area contributed by atoms with Crippen LogP contribution in [-0.2, 0) is 9.53 Å². The first-order chi connectivity index (χ1) is 6.83. The highest BCUT2D eigenvalue weighted by molar-refractivity contribution is 9.09. The zero-order valence-corrected chi connectivity index (χ0v) is 10.8. The van der Waals surface area contributed by atoms with Gasteiger partial charge in [-0.05, 0) is 20.8 Å². The van der Waals surface area contributed by atoms with Gasteiger partial charge < -0.3 is 4.74 Å². The molecule has 0 aliphatic carbocycles. The van der Waals surface area contributed by atoms with Crippen LogP contribution in [0.1, 0.15) is 27.2 Å². The fraction of sp³-hybridized carbons (Fsp3) is 0.800. The molecule has 0 unspecified atom stereocenters. The van der Waals surface area contributed by atoms with Gasteiger partial charge in [0, 0.05) is 11.8 Å². The summed E-state index contributed by atoms with van der Waals surface area (Å²) < 4.78 is 5.22. The highest BCUT2D eigenvalue weighted by atomic mass is 79.9. The van der Waals surface area contributed by atoms with Crippen LogP contribution in [0.2, 0.25) is 0 Å². The average molecular weight is 278 g/mol. The first kappa shape index (κ1) is 12.5. The predicted octanol–water partition coefficient (Wildman–Crippen LogP) is 1.96. The zero-order chi connectivity index (χ0) is 11.6. The van der Waals surface area contributed by atoms with Crippen LogP contribution in [-0.4, -0.2) is 40.3 Å². The molecule has 1 fully saturated rings. The van der Waals surface area contributed by atoms with Gasteiger partial charge >= 0.3 is 6.09 Å². The molecular formula is C10H16BrNO3. The molecule has 1 amide bonds. The molecule has 1 saturated heterocycles. The van der Waals surface area contributed by atoms with Crippen LogP contribution >= 0.6 is 15.9 Å². The lowest BCUT2D eigenvalue weighted by Gasteiger charge is -2.27. The molecule has 0 aromatic carbocycles. The molecule has 15 heavy (non-hydrogen) atoms. The van der Waals surface area contributed by atoms with Crippen LogP contribution in [0.25, 0.3) is 0 Å². The number of likely N-dealkylation sites (tertiary alicyclic amines) is 1. The van der Waals surface area contributed by atoms with Crippen molar-refractivity contribution in [2.24, 2.45) is 0 Å². The standard InChI is InChI=1S/C10H16BrNO3/c1-10(2,3)15-9(14)12-6-8(13)4-7(12)5-11/h7H,4-6H2,1-3H3/t7-/m0/s1. The minimum absolute atomic E-state index is 0.0626. The monoisotopic (exact) mass is 277 g/mol. The molecule has 0 spiro atoms.